The molecule has 1 aliphatic carbocycles. The van der Waals surface area contributed by atoms with Crippen molar-refractivity contribution in [2.45, 2.75) is 30.9 Å². The summed E-state index contributed by atoms with van der Waals surface area (Å²) in [6.07, 6.45) is 6.83. The fraction of sp³-hybridized carbons (Fsp3) is 0.526. The topological polar surface area (TPSA) is 62.5 Å². The Morgan fingerprint density at radius 2 is 1.92 bits per heavy atom. The van der Waals surface area contributed by atoms with Gasteiger partial charge >= 0.3 is 0 Å². The van der Waals surface area contributed by atoms with E-state index in [1.165, 1.54) is 25.7 Å². The summed E-state index contributed by atoms with van der Waals surface area (Å²) in [7, 11) is 0. The number of hydrogen-bond acceptors (Lipinski definition) is 6. The van der Waals surface area contributed by atoms with Crippen molar-refractivity contribution >= 4 is 23.5 Å². The number of furan rings is 1. The van der Waals surface area contributed by atoms with Gasteiger partial charge in [0.25, 0.3) is 0 Å². The van der Waals surface area contributed by atoms with Gasteiger partial charge in [-0.15, -0.1) is 22.0 Å². The van der Waals surface area contributed by atoms with E-state index in [-0.39, 0.29) is 5.91 Å². The van der Waals surface area contributed by atoms with Gasteiger partial charge in [-0.1, -0.05) is 12.8 Å². The minimum atomic E-state index is 0.279. The van der Waals surface area contributed by atoms with Crippen molar-refractivity contribution in [3.05, 3.63) is 30.5 Å². The van der Waals surface area contributed by atoms with Gasteiger partial charge in [-0.3, -0.25) is 4.79 Å². The maximum Gasteiger partial charge on any atom is 0.232 e. The fourth-order valence-corrected chi connectivity index (χ4v) is 4.80. The zero-order chi connectivity index (χ0) is 17.8. The molecule has 0 atom stereocenters. The molecule has 6 nitrogen and oxygen atoms in total. The van der Waals surface area contributed by atoms with E-state index in [1.807, 2.05) is 40.9 Å². The summed E-state index contributed by atoms with van der Waals surface area (Å²) in [6, 6.07) is 7.61. The molecule has 4 rings (SSSR count). The SMILES string of the molecule is O=C(CSC1CCCC1)N1CCN(c2ccc(-c3ccco3)nn2)CC1. The second-order valence-electron chi connectivity index (χ2n) is 6.84. The Hall–Kier alpha value is -2.02. The number of carbonyl (C=O) groups excluding carboxylic acids is 1. The molecule has 1 aliphatic heterocycles. The maximum absolute atomic E-state index is 12.4. The molecule has 26 heavy (non-hydrogen) atoms. The van der Waals surface area contributed by atoms with Gasteiger partial charge in [-0.05, 0) is 37.1 Å². The summed E-state index contributed by atoms with van der Waals surface area (Å²) in [4.78, 5) is 16.6. The highest BCUT2D eigenvalue weighted by Crippen LogP contribution is 2.29. The molecule has 7 heteroatoms. The molecule has 0 radical (unpaired) electrons. The first-order valence-corrected chi connectivity index (χ1v) is 10.4. The van der Waals surface area contributed by atoms with Gasteiger partial charge in [0.05, 0.1) is 12.0 Å². The molecule has 138 valence electrons. The molecule has 0 aromatic carbocycles. The molecule has 1 amide bonds. The van der Waals surface area contributed by atoms with Gasteiger partial charge in [0, 0.05) is 31.4 Å². The lowest BCUT2D eigenvalue weighted by Gasteiger charge is -2.35. The summed E-state index contributed by atoms with van der Waals surface area (Å²) in [5.41, 5.74) is 0.733. The first-order chi connectivity index (χ1) is 12.8. The van der Waals surface area contributed by atoms with Gasteiger partial charge < -0.3 is 14.2 Å². The molecule has 0 spiro atoms. The largest absolute Gasteiger partial charge is 0.463 e. The summed E-state index contributed by atoms with van der Waals surface area (Å²) in [5, 5.41) is 9.28. The quantitative estimate of drug-likeness (QED) is 0.804. The van der Waals surface area contributed by atoms with Crippen molar-refractivity contribution in [1.29, 1.82) is 0 Å². The van der Waals surface area contributed by atoms with Crippen LogP contribution in [0, 0.1) is 0 Å². The van der Waals surface area contributed by atoms with E-state index in [9.17, 15) is 4.79 Å². The van der Waals surface area contributed by atoms with Gasteiger partial charge in [0.1, 0.15) is 5.69 Å². The average Bonchev–Trinajstić information content (AvgIpc) is 3.40. The number of nitrogens with zero attached hydrogens (tertiary/aromatic N) is 4. The van der Waals surface area contributed by atoms with Crippen LogP contribution in [0.5, 0.6) is 0 Å². The third-order valence-electron chi connectivity index (χ3n) is 5.13. The zero-order valence-electron chi connectivity index (χ0n) is 14.8. The van der Waals surface area contributed by atoms with E-state index in [0.29, 0.717) is 11.0 Å². The van der Waals surface area contributed by atoms with Crippen LogP contribution in [0.15, 0.2) is 34.9 Å². The van der Waals surface area contributed by atoms with E-state index < -0.39 is 0 Å². The molecule has 1 saturated heterocycles. The van der Waals surface area contributed by atoms with Crippen LogP contribution in [-0.2, 0) is 4.79 Å². The molecular formula is C19H24N4O2S. The van der Waals surface area contributed by atoms with Gasteiger partial charge in [-0.25, -0.2) is 0 Å². The number of thioether (sulfide) groups is 1. The number of hydrogen-bond donors (Lipinski definition) is 0. The number of carbonyl (C=O) groups is 1. The lowest BCUT2D eigenvalue weighted by Crippen LogP contribution is -2.49. The number of aromatic nitrogens is 2. The maximum atomic E-state index is 12.4. The molecule has 1 saturated carbocycles. The molecular weight excluding hydrogens is 348 g/mol. The summed E-state index contributed by atoms with van der Waals surface area (Å²) in [6.45, 7) is 3.11. The molecule has 0 unspecified atom stereocenters. The lowest BCUT2D eigenvalue weighted by molar-refractivity contribution is -0.128. The molecule has 2 fully saturated rings. The van der Waals surface area contributed by atoms with Crippen LogP contribution in [0.3, 0.4) is 0 Å². The molecule has 0 bridgehead atoms. The minimum Gasteiger partial charge on any atom is -0.463 e. The van der Waals surface area contributed by atoms with Crippen molar-refractivity contribution < 1.29 is 9.21 Å². The van der Waals surface area contributed by atoms with E-state index in [4.69, 9.17) is 4.42 Å². The van der Waals surface area contributed by atoms with Crippen LogP contribution in [0.4, 0.5) is 5.82 Å². The average molecular weight is 372 g/mol. The highest BCUT2D eigenvalue weighted by atomic mass is 32.2. The van der Waals surface area contributed by atoms with Gasteiger partial charge in [0.2, 0.25) is 5.91 Å². The second kappa shape index (κ2) is 8.12. The van der Waals surface area contributed by atoms with E-state index in [0.717, 1.165) is 43.5 Å². The Balaban J connectivity index is 1.27. The highest BCUT2D eigenvalue weighted by Gasteiger charge is 2.24. The van der Waals surface area contributed by atoms with Crippen molar-refractivity contribution in [1.82, 2.24) is 15.1 Å². The van der Waals surface area contributed by atoms with Crippen molar-refractivity contribution in [3.63, 3.8) is 0 Å². The van der Waals surface area contributed by atoms with E-state index in [2.05, 4.69) is 15.1 Å². The van der Waals surface area contributed by atoms with Crippen LogP contribution in [-0.4, -0.2) is 58.2 Å². The first-order valence-electron chi connectivity index (χ1n) is 9.31. The number of anilines is 1. The Kier molecular flexibility index (Phi) is 5.43. The van der Waals surface area contributed by atoms with E-state index >= 15 is 0 Å². The summed E-state index contributed by atoms with van der Waals surface area (Å²) in [5.74, 6) is 2.48. The van der Waals surface area contributed by atoms with Crippen LogP contribution in [0.25, 0.3) is 11.5 Å². The third-order valence-corrected chi connectivity index (χ3v) is 6.48. The number of piperazine rings is 1. The zero-order valence-corrected chi connectivity index (χ0v) is 15.7. The summed E-state index contributed by atoms with van der Waals surface area (Å²) >= 11 is 1.85. The smallest absolute Gasteiger partial charge is 0.232 e. The van der Waals surface area contributed by atoms with Crippen molar-refractivity contribution in [2.75, 3.05) is 36.8 Å². The molecule has 0 N–H and O–H groups in total. The lowest BCUT2D eigenvalue weighted by atomic mass is 10.3. The van der Waals surface area contributed by atoms with Gasteiger partial charge in [0.15, 0.2) is 11.6 Å². The fourth-order valence-electron chi connectivity index (χ4n) is 3.57. The normalized spacial score (nSPS) is 18.5. The molecule has 3 heterocycles. The van der Waals surface area contributed by atoms with Crippen LogP contribution < -0.4 is 4.90 Å². The Labute approximate surface area is 157 Å². The second-order valence-corrected chi connectivity index (χ2v) is 8.13. The van der Waals surface area contributed by atoms with Crippen molar-refractivity contribution in [3.8, 4) is 11.5 Å². The summed E-state index contributed by atoms with van der Waals surface area (Å²) < 4.78 is 5.34. The van der Waals surface area contributed by atoms with Gasteiger partial charge in [-0.2, -0.15) is 0 Å². The predicted molar refractivity (Wildman–Crippen MR) is 103 cm³/mol. The standard InChI is InChI=1S/C19H24N4O2S/c24-19(14-26-15-4-1-2-5-15)23-11-9-22(10-12-23)18-8-7-16(20-21-18)17-6-3-13-25-17/h3,6-8,13,15H,1-2,4-5,9-12,14H2. The van der Waals surface area contributed by atoms with E-state index in [1.54, 1.807) is 6.26 Å². The minimum absolute atomic E-state index is 0.279. The predicted octanol–water partition coefficient (Wildman–Crippen LogP) is 3.06. The van der Waals surface area contributed by atoms with Crippen molar-refractivity contribution in [2.24, 2.45) is 0 Å². The van der Waals surface area contributed by atoms with Crippen LogP contribution >= 0.6 is 11.8 Å². The van der Waals surface area contributed by atoms with Crippen LogP contribution in [0.1, 0.15) is 25.7 Å². The first kappa shape index (κ1) is 17.4. The number of amides is 1. The monoisotopic (exact) mass is 372 g/mol. The molecule has 2 aromatic rings. The number of rotatable bonds is 5. The molecule has 2 aromatic heterocycles. The highest BCUT2D eigenvalue weighted by molar-refractivity contribution is 8.00. The van der Waals surface area contributed by atoms with Crippen LogP contribution in [0.2, 0.25) is 0 Å². The Morgan fingerprint density at radius 3 is 2.58 bits per heavy atom. The third kappa shape index (κ3) is 4.03. The Bertz CT molecular complexity index is 706. The Morgan fingerprint density at radius 1 is 1.12 bits per heavy atom. The molecule has 2 aliphatic rings.